The van der Waals surface area contributed by atoms with Gasteiger partial charge < -0.3 is 19.5 Å². The van der Waals surface area contributed by atoms with E-state index >= 15 is 0 Å². The van der Waals surface area contributed by atoms with Crippen LogP contribution in [0.1, 0.15) is 58.6 Å². The fourth-order valence-electron chi connectivity index (χ4n) is 3.80. The number of guanidine groups is 1. The summed E-state index contributed by atoms with van der Waals surface area (Å²) in [4.78, 5) is 14.2. The van der Waals surface area contributed by atoms with Crippen LogP contribution in [0.2, 0.25) is 0 Å². The highest BCUT2D eigenvalue weighted by molar-refractivity contribution is 14.0. The van der Waals surface area contributed by atoms with Gasteiger partial charge in [-0.05, 0) is 45.2 Å². The van der Waals surface area contributed by atoms with Crippen molar-refractivity contribution in [1.82, 2.24) is 20.1 Å². The zero-order chi connectivity index (χ0) is 18.6. The topological polar surface area (TPSA) is 56.9 Å². The van der Waals surface area contributed by atoms with Crippen LogP contribution in [-0.2, 0) is 12.0 Å². The Hall–Kier alpha value is -0.830. The van der Waals surface area contributed by atoms with Gasteiger partial charge in [-0.2, -0.15) is 0 Å². The van der Waals surface area contributed by atoms with Crippen LogP contribution >= 0.6 is 24.0 Å². The van der Waals surface area contributed by atoms with Crippen LogP contribution in [0.3, 0.4) is 0 Å². The van der Waals surface area contributed by atoms with E-state index in [4.69, 9.17) is 9.41 Å². The number of aromatic nitrogens is 1. The molecule has 0 aliphatic carbocycles. The largest absolute Gasteiger partial charge is 0.443 e. The molecule has 27 heavy (non-hydrogen) atoms. The molecule has 1 aromatic rings. The highest BCUT2D eigenvalue weighted by Crippen LogP contribution is 2.23. The Kier molecular flexibility index (Phi) is 8.39. The molecule has 2 aliphatic heterocycles. The standard InChI is InChI=1S/C20H35N5O.HI/c1-5-21-19(23-13-18-22-12-17(26-18)20(2,3)4)25-11-8-16(15-25)14-24-9-6-7-10-24;/h12,16H,5-11,13-15H2,1-4H3,(H,21,23);1H. The van der Waals surface area contributed by atoms with Crippen LogP contribution in [0.4, 0.5) is 0 Å². The number of hydrogen-bond acceptors (Lipinski definition) is 4. The number of halogens is 1. The fourth-order valence-corrected chi connectivity index (χ4v) is 3.80. The molecule has 1 unspecified atom stereocenters. The van der Waals surface area contributed by atoms with Crippen molar-refractivity contribution in [3.63, 3.8) is 0 Å². The molecule has 0 spiro atoms. The van der Waals surface area contributed by atoms with Gasteiger partial charge in [0.05, 0.1) is 6.20 Å². The summed E-state index contributed by atoms with van der Waals surface area (Å²) in [5.41, 5.74) is -0.0167. The minimum atomic E-state index is -0.0167. The number of nitrogens with one attached hydrogen (secondary N) is 1. The van der Waals surface area contributed by atoms with Crippen molar-refractivity contribution in [2.45, 2.75) is 58.9 Å². The maximum atomic E-state index is 5.88. The molecule has 0 radical (unpaired) electrons. The van der Waals surface area contributed by atoms with E-state index in [-0.39, 0.29) is 29.4 Å². The van der Waals surface area contributed by atoms with E-state index in [0.717, 1.165) is 37.3 Å². The van der Waals surface area contributed by atoms with Crippen molar-refractivity contribution < 1.29 is 4.42 Å². The molecule has 6 nitrogen and oxygen atoms in total. The lowest BCUT2D eigenvalue weighted by atomic mass is 9.94. The van der Waals surface area contributed by atoms with Gasteiger partial charge in [0.1, 0.15) is 12.3 Å². The lowest BCUT2D eigenvalue weighted by molar-refractivity contribution is 0.281. The third-order valence-corrected chi connectivity index (χ3v) is 5.29. The quantitative estimate of drug-likeness (QED) is 0.390. The summed E-state index contributed by atoms with van der Waals surface area (Å²) in [6.07, 6.45) is 5.83. The average Bonchev–Trinajstić information content (AvgIpc) is 3.33. The number of aliphatic imine (C=N–C) groups is 1. The average molecular weight is 489 g/mol. The van der Waals surface area contributed by atoms with Crippen molar-refractivity contribution in [2.24, 2.45) is 10.9 Å². The van der Waals surface area contributed by atoms with E-state index in [0.29, 0.717) is 12.4 Å². The molecule has 0 saturated carbocycles. The molecule has 1 N–H and O–H groups in total. The first-order valence-electron chi connectivity index (χ1n) is 10.2. The van der Waals surface area contributed by atoms with E-state index in [2.05, 4.69) is 47.8 Å². The van der Waals surface area contributed by atoms with Crippen LogP contribution < -0.4 is 5.32 Å². The first-order valence-corrected chi connectivity index (χ1v) is 10.2. The Morgan fingerprint density at radius 3 is 2.67 bits per heavy atom. The second-order valence-electron chi connectivity index (χ2n) is 8.65. The van der Waals surface area contributed by atoms with Gasteiger partial charge in [-0.15, -0.1) is 24.0 Å². The van der Waals surface area contributed by atoms with Crippen molar-refractivity contribution >= 4 is 29.9 Å². The van der Waals surface area contributed by atoms with Crippen molar-refractivity contribution in [2.75, 3.05) is 39.3 Å². The van der Waals surface area contributed by atoms with E-state index < -0.39 is 0 Å². The van der Waals surface area contributed by atoms with Crippen LogP contribution in [-0.4, -0.2) is 60.0 Å². The molecule has 2 fully saturated rings. The maximum Gasteiger partial charge on any atom is 0.216 e. The van der Waals surface area contributed by atoms with Crippen LogP contribution in [0.25, 0.3) is 0 Å². The van der Waals surface area contributed by atoms with Crippen molar-refractivity contribution in [3.8, 4) is 0 Å². The summed E-state index contributed by atoms with van der Waals surface area (Å²) in [7, 11) is 0. The number of likely N-dealkylation sites (tertiary alicyclic amines) is 2. The summed E-state index contributed by atoms with van der Waals surface area (Å²) >= 11 is 0. The summed E-state index contributed by atoms with van der Waals surface area (Å²) in [5, 5.41) is 3.44. The molecule has 3 rings (SSSR count). The molecular formula is C20H36IN5O. The van der Waals surface area contributed by atoms with Gasteiger partial charge in [-0.25, -0.2) is 9.98 Å². The summed E-state index contributed by atoms with van der Waals surface area (Å²) in [6, 6.07) is 0. The van der Waals surface area contributed by atoms with E-state index in [1.807, 2.05) is 6.20 Å². The van der Waals surface area contributed by atoms with E-state index in [9.17, 15) is 0 Å². The maximum absolute atomic E-state index is 5.88. The second kappa shape index (κ2) is 10.1. The Labute approximate surface area is 181 Å². The van der Waals surface area contributed by atoms with Gasteiger partial charge in [0.2, 0.25) is 5.89 Å². The third-order valence-electron chi connectivity index (χ3n) is 5.29. The van der Waals surface area contributed by atoms with Gasteiger partial charge in [-0.1, -0.05) is 20.8 Å². The SMILES string of the molecule is CCNC(=NCc1ncc(C(C)(C)C)o1)N1CCC(CN2CCCC2)C1.I. The summed E-state index contributed by atoms with van der Waals surface area (Å²) in [6.45, 7) is 15.9. The fraction of sp³-hybridized carbons (Fsp3) is 0.800. The lowest BCUT2D eigenvalue weighted by Gasteiger charge is -2.23. The molecule has 0 bridgehead atoms. The molecule has 0 amide bonds. The lowest BCUT2D eigenvalue weighted by Crippen LogP contribution is -2.40. The van der Waals surface area contributed by atoms with Gasteiger partial charge in [-0.3, -0.25) is 0 Å². The van der Waals surface area contributed by atoms with E-state index in [1.54, 1.807) is 0 Å². The molecule has 2 aliphatic rings. The molecule has 1 aromatic heterocycles. The number of hydrogen-bond donors (Lipinski definition) is 1. The predicted octanol–water partition coefficient (Wildman–Crippen LogP) is 3.47. The molecule has 0 aromatic carbocycles. The first kappa shape index (κ1) is 22.5. The zero-order valence-electron chi connectivity index (χ0n) is 17.3. The normalized spacial score (nSPS) is 21.6. The molecule has 7 heteroatoms. The number of nitrogens with zero attached hydrogens (tertiary/aromatic N) is 4. The molecule has 154 valence electrons. The minimum Gasteiger partial charge on any atom is -0.443 e. The second-order valence-corrected chi connectivity index (χ2v) is 8.65. The summed E-state index contributed by atoms with van der Waals surface area (Å²) in [5.74, 6) is 3.36. The first-order chi connectivity index (χ1) is 12.5. The third kappa shape index (κ3) is 6.34. The molecular weight excluding hydrogens is 453 g/mol. The van der Waals surface area contributed by atoms with E-state index in [1.165, 1.54) is 38.9 Å². The highest BCUT2D eigenvalue weighted by Gasteiger charge is 2.27. The van der Waals surface area contributed by atoms with Crippen LogP contribution in [0, 0.1) is 5.92 Å². The number of oxazole rings is 1. The van der Waals surface area contributed by atoms with Gasteiger partial charge in [0.25, 0.3) is 0 Å². The molecule has 1 atom stereocenters. The Bertz CT molecular complexity index is 604. The highest BCUT2D eigenvalue weighted by atomic mass is 127. The van der Waals surface area contributed by atoms with Gasteiger partial charge in [0.15, 0.2) is 5.96 Å². The van der Waals surface area contributed by atoms with Gasteiger partial charge >= 0.3 is 0 Å². The van der Waals surface area contributed by atoms with Gasteiger partial charge in [0, 0.05) is 31.6 Å². The Morgan fingerprint density at radius 2 is 2.04 bits per heavy atom. The Morgan fingerprint density at radius 1 is 1.30 bits per heavy atom. The smallest absolute Gasteiger partial charge is 0.216 e. The zero-order valence-corrected chi connectivity index (χ0v) is 19.7. The Balaban J connectivity index is 0.00000261. The number of rotatable bonds is 5. The van der Waals surface area contributed by atoms with Crippen LogP contribution in [0.15, 0.2) is 15.6 Å². The minimum absolute atomic E-state index is 0. The summed E-state index contributed by atoms with van der Waals surface area (Å²) < 4.78 is 5.88. The molecule has 3 heterocycles. The van der Waals surface area contributed by atoms with Crippen molar-refractivity contribution in [1.29, 1.82) is 0 Å². The monoisotopic (exact) mass is 489 g/mol. The molecule has 2 saturated heterocycles. The predicted molar refractivity (Wildman–Crippen MR) is 121 cm³/mol. The van der Waals surface area contributed by atoms with Crippen molar-refractivity contribution in [3.05, 3.63) is 17.8 Å². The van der Waals surface area contributed by atoms with Crippen LogP contribution in [0.5, 0.6) is 0 Å².